The van der Waals surface area contributed by atoms with Crippen molar-refractivity contribution in [1.29, 1.82) is 0 Å². The lowest BCUT2D eigenvalue weighted by molar-refractivity contribution is 0.459. The standard InChI is InChI=1S/C14H23N5/c1-4-15-8-13-6-5-7-18(13)10-14-16-11-17-19(14)9-12(2)3/h5-7,11-12,15H,4,8-10H2,1-3H3. The Labute approximate surface area is 114 Å². The molecule has 1 N–H and O–H groups in total. The molecule has 2 aromatic heterocycles. The number of hydrogen-bond acceptors (Lipinski definition) is 3. The molecule has 5 nitrogen and oxygen atoms in total. The highest BCUT2D eigenvalue weighted by Crippen LogP contribution is 2.07. The van der Waals surface area contributed by atoms with Crippen LogP contribution in [-0.2, 0) is 19.6 Å². The summed E-state index contributed by atoms with van der Waals surface area (Å²) >= 11 is 0. The van der Waals surface area contributed by atoms with E-state index >= 15 is 0 Å². The number of nitrogens with one attached hydrogen (secondary N) is 1. The minimum atomic E-state index is 0.575. The van der Waals surface area contributed by atoms with Gasteiger partial charge in [0.1, 0.15) is 12.2 Å². The van der Waals surface area contributed by atoms with Crippen molar-refractivity contribution >= 4 is 0 Å². The molecule has 19 heavy (non-hydrogen) atoms. The van der Waals surface area contributed by atoms with Gasteiger partial charge in [-0.15, -0.1) is 0 Å². The summed E-state index contributed by atoms with van der Waals surface area (Å²) in [5, 5.41) is 7.66. The lowest BCUT2D eigenvalue weighted by Crippen LogP contribution is -2.17. The first-order chi connectivity index (χ1) is 9.20. The van der Waals surface area contributed by atoms with E-state index in [0.717, 1.165) is 32.0 Å². The first-order valence-corrected chi connectivity index (χ1v) is 6.92. The third-order valence-electron chi connectivity index (χ3n) is 3.03. The van der Waals surface area contributed by atoms with Crippen LogP contribution in [0.4, 0.5) is 0 Å². The van der Waals surface area contributed by atoms with E-state index in [4.69, 9.17) is 0 Å². The van der Waals surface area contributed by atoms with Gasteiger partial charge in [0, 0.05) is 25.0 Å². The van der Waals surface area contributed by atoms with Crippen LogP contribution < -0.4 is 5.32 Å². The maximum Gasteiger partial charge on any atom is 0.146 e. The smallest absolute Gasteiger partial charge is 0.146 e. The highest BCUT2D eigenvalue weighted by molar-refractivity contribution is 5.08. The van der Waals surface area contributed by atoms with Gasteiger partial charge in [0.25, 0.3) is 0 Å². The molecule has 2 aromatic rings. The minimum Gasteiger partial charge on any atom is -0.343 e. The molecular weight excluding hydrogens is 238 g/mol. The molecule has 5 heteroatoms. The largest absolute Gasteiger partial charge is 0.343 e. The first kappa shape index (κ1) is 13.8. The van der Waals surface area contributed by atoms with Crippen LogP contribution in [-0.4, -0.2) is 25.9 Å². The second-order valence-corrected chi connectivity index (χ2v) is 5.16. The number of nitrogens with zero attached hydrogens (tertiary/aromatic N) is 4. The molecule has 0 bridgehead atoms. The predicted octanol–water partition coefficient (Wildman–Crippen LogP) is 1.89. The molecule has 0 saturated heterocycles. The van der Waals surface area contributed by atoms with Crippen LogP contribution in [0.5, 0.6) is 0 Å². The molecule has 0 aliphatic rings. The Balaban J connectivity index is 2.08. The summed E-state index contributed by atoms with van der Waals surface area (Å²) < 4.78 is 4.23. The van der Waals surface area contributed by atoms with Crippen molar-refractivity contribution in [3.8, 4) is 0 Å². The van der Waals surface area contributed by atoms with Gasteiger partial charge in [-0.2, -0.15) is 5.10 Å². The summed E-state index contributed by atoms with van der Waals surface area (Å²) in [6.07, 6.45) is 3.74. The maximum atomic E-state index is 4.38. The van der Waals surface area contributed by atoms with Crippen molar-refractivity contribution in [1.82, 2.24) is 24.6 Å². The molecule has 0 aliphatic heterocycles. The fourth-order valence-electron chi connectivity index (χ4n) is 2.08. The fourth-order valence-corrected chi connectivity index (χ4v) is 2.08. The van der Waals surface area contributed by atoms with Gasteiger partial charge in [0.05, 0.1) is 6.54 Å². The Morgan fingerprint density at radius 1 is 1.37 bits per heavy atom. The maximum absolute atomic E-state index is 4.38. The van der Waals surface area contributed by atoms with Crippen molar-refractivity contribution < 1.29 is 0 Å². The zero-order valence-corrected chi connectivity index (χ0v) is 12.0. The highest BCUT2D eigenvalue weighted by atomic mass is 15.3. The highest BCUT2D eigenvalue weighted by Gasteiger charge is 2.08. The number of hydrogen-bond donors (Lipinski definition) is 1. The van der Waals surface area contributed by atoms with E-state index in [-0.39, 0.29) is 0 Å². The molecule has 2 heterocycles. The molecular formula is C14H23N5. The van der Waals surface area contributed by atoms with Gasteiger partial charge in [0.15, 0.2) is 0 Å². The third kappa shape index (κ3) is 3.67. The summed E-state index contributed by atoms with van der Waals surface area (Å²) in [5.41, 5.74) is 1.28. The summed E-state index contributed by atoms with van der Waals surface area (Å²) in [6.45, 7) is 10.1. The summed E-state index contributed by atoms with van der Waals surface area (Å²) in [5.74, 6) is 1.59. The van der Waals surface area contributed by atoms with Gasteiger partial charge in [-0.3, -0.25) is 0 Å². The van der Waals surface area contributed by atoms with Crippen LogP contribution in [0.15, 0.2) is 24.7 Å². The predicted molar refractivity (Wildman–Crippen MR) is 75.8 cm³/mol. The second kappa shape index (κ2) is 6.52. The zero-order valence-electron chi connectivity index (χ0n) is 12.0. The lowest BCUT2D eigenvalue weighted by atomic mass is 10.2. The van der Waals surface area contributed by atoms with Gasteiger partial charge >= 0.3 is 0 Å². The molecule has 0 amide bonds. The van der Waals surface area contributed by atoms with Crippen molar-refractivity contribution in [2.24, 2.45) is 5.92 Å². The zero-order chi connectivity index (χ0) is 13.7. The van der Waals surface area contributed by atoms with Gasteiger partial charge < -0.3 is 9.88 Å². The Morgan fingerprint density at radius 2 is 2.21 bits per heavy atom. The van der Waals surface area contributed by atoms with Crippen molar-refractivity contribution in [3.05, 3.63) is 36.2 Å². The van der Waals surface area contributed by atoms with E-state index in [9.17, 15) is 0 Å². The molecule has 0 spiro atoms. The Hall–Kier alpha value is -1.62. The molecule has 0 aromatic carbocycles. The molecule has 0 saturated carbocycles. The van der Waals surface area contributed by atoms with Crippen molar-refractivity contribution in [2.45, 2.75) is 40.4 Å². The average molecular weight is 261 g/mol. The number of aromatic nitrogens is 4. The third-order valence-corrected chi connectivity index (χ3v) is 3.03. The van der Waals surface area contributed by atoms with E-state index in [1.807, 2.05) is 4.68 Å². The van der Waals surface area contributed by atoms with E-state index < -0.39 is 0 Å². The summed E-state index contributed by atoms with van der Waals surface area (Å²) in [4.78, 5) is 4.38. The SMILES string of the molecule is CCNCc1cccn1Cc1ncnn1CC(C)C. The van der Waals surface area contributed by atoms with Gasteiger partial charge in [-0.05, 0) is 24.6 Å². The topological polar surface area (TPSA) is 47.7 Å². The van der Waals surface area contributed by atoms with Crippen LogP contribution in [0.25, 0.3) is 0 Å². The second-order valence-electron chi connectivity index (χ2n) is 5.16. The van der Waals surface area contributed by atoms with E-state index in [2.05, 4.69) is 59.1 Å². The average Bonchev–Trinajstić information content (AvgIpc) is 2.97. The van der Waals surface area contributed by atoms with Crippen LogP contribution in [0, 0.1) is 5.92 Å². The van der Waals surface area contributed by atoms with Crippen LogP contribution in [0.2, 0.25) is 0 Å². The van der Waals surface area contributed by atoms with Gasteiger partial charge in [0.2, 0.25) is 0 Å². The number of rotatable bonds is 7. The molecule has 2 rings (SSSR count). The molecule has 104 valence electrons. The van der Waals surface area contributed by atoms with Gasteiger partial charge in [-0.1, -0.05) is 20.8 Å². The summed E-state index contributed by atoms with van der Waals surface area (Å²) in [6, 6.07) is 4.22. The Kier molecular flexibility index (Phi) is 4.74. The van der Waals surface area contributed by atoms with E-state index in [0.29, 0.717) is 5.92 Å². The molecule has 0 fully saturated rings. The van der Waals surface area contributed by atoms with Crippen molar-refractivity contribution in [3.63, 3.8) is 0 Å². The molecule has 0 radical (unpaired) electrons. The van der Waals surface area contributed by atoms with Crippen LogP contribution >= 0.6 is 0 Å². The minimum absolute atomic E-state index is 0.575. The lowest BCUT2D eigenvalue weighted by Gasteiger charge is -2.12. The van der Waals surface area contributed by atoms with Crippen LogP contribution in [0.3, 0.4) is 0 Å². The Morgan fingerprint density at radius 3 is 2.95 bits per heavy atom. The fraction of sp³-hybridized carbons (Fsp3) is 0.571. The first-order valence-electron chi connectivity index (χ1n) is 6.92. The quantitative estimate of drug-likeness (QED) is 0.828. The van der Waals surface area contributed by atoms with Gasteiger partial charge in [-0.25, -0.2) is 9.67 Å². The molecule has 0 atom stereocenters. The Bertz CT molecular complexity index is 497. The van der Waals surface area contributed by atoms with E-state index in [1.165, 1.54) is 5.69 Å². The molecule has 0 aliphatic carbocycles. The summed E-state index contributed by atoms with van der Waals surface area (Å²) in [7, 11) is 0. The van der Waals surface area contributed by atoms with E-state index in [1.54, 1.807) is 6.33 Å². The monoisotopic (exact) mass is 261 g/mol. The normalized spacial score (nSPS) is 11.4. The molecule has 0 unspecified atom stereocenters. The van der Waals surface area contributed by atoms with Crippen LogP contribution in [0.1, 0.15) is 32.3 Å². The van der Waals surface area contributed by atoms with Crippen molar-refractivity contribution in [2.75, 3.05) is 6.54 Å².